The highest BCUT2D eigenvalue weighted by atomic mass is 15.1. The summed E-state index contributed by atoms with van der Waals surface area (Å²) in [7, 11) is 2.22. The van der Waals surface area contributed by atoms with Crippen LogP contribution in [0.25, 0.3) is 16.3 Å². The number of hydrogen-bond acceptors (Lipinski definition) is 1. The van der Waals surface area contributed by atoms with Gasteiger partial charge in [-0.15, -0.1) is 0 Å². The van der Waals surface area contributed by atoms with Gasteiger partial charge in [0.05, 0.1) is 0 Å². The summed E-state index contributed by atoms with van der Waals surface area (Å²) in [5.41, 5.74) is 4.01. The predicted molar refractivity (Wildman–Crippen MR) is 104 cm³/mol. The molecule has 0 saturated carbocycles. The lowest BCUT2D eigenvalue weighted by Gasteiger charge is -2.15. The van der Waals surface area contributed by atoms with E-state index in [0.717, 1.165) is 12.5 Å². The van der Waals surface area contributed by atoms with E-state index in [2.05, 4.69) is 82.1 Å². The van der Waals surface area contributed by atoms with E-state index in [9.17, 15) is 0 Å². The third kappa shape index (κ3) is 5.51. The standard InChI is InChI=1S/C22H31N/c1-17(2)7-6-13-23(5)14-12-19(4)20-10-11-21-15-18(3)8-9-22(21)16-20/h8-12,15-17H,6-7,13-14H2,1-5H3/b19-12+. The van der Waals surface area contributed by atoms with Crippen LogP contribution in [0.5, 0.6) is 0 Å². The highest BCUT2D eigenvalue weighted by Gasteiger charge is 2.01. The van der Waals surface area contributed by atoms with Gasteiger partial charge >= 0.3 is 0 Å². The summed E-state index contributed by atoms with van der Waals surface area (Å²) in [5, 5.41) is 2.65. The maximum atomic E-state index is 2.41. The van der Waals surface area contributed by atoms with Gasteiger partial charge < -0.3 is 4.90 Å². The average Bonchev–Trinajstić information content (AvgIpc) is 2.51. The number of allylic oxidation sites excluding steroid dienone is 1. The lowest BCUT2D eigenvalue weighted by Crippen LogP contribution is -2.20. The zero-order valence-electron chi connectivity index (χ0n) is 15.4. The summed E-state index contributed by atoms with van der Waals surface area (Å²) in [5.74, 6) is 0.807. The van der Waals surface area contributed by atoms with Crippen molar-refractivity contribution < 1.29 is 0 Å². The Bertz CT molecular complexity index is 667. The SMILES string of the molecule is C/C(=C\CN(C)CCCC(C)C)c1ccc2cc(C)ccc2c1. The minimum Gasteiger partial charge on any atom is -0.303 e. The van der Waals surface area contributed by atoms with Crippen molar-refractivity contribution in [3.05, 3.63) is 53.6 Å². The molecule has 0 spiro atoms. The topological polar surface area (TPSA) is 3.24 Å². The molecule has 0 aliphatic heterocycles. The number of aryl methyl sites for hydroxylation is 1. The molecule has 0 aliphatic carbocycles. The molecule has 0 atom stereocenters. The molecule has 0 aliphatic rings. The Balaban J connectivity index is 1.99. The van der Waals surface area contributed by atoms with Crippen LogP contribution in [0, 0.1) is 12.8 Å². The van der Waals surface area contributed by atoms with E-state index in [-0.39, 0.29) is 0 Å². The molecule has 0 N–H and O–H groups in total. The number of nitrogens with zero attached hydrogens (tertiary/aromatic N) is 1. The van der Waals surface area contributed by atoms with Crippen molar-refractivity contribution >= 4 is 16.3 Å². The fourth-order valence-corrected chi connectivity index (χ4v) is 2.88. The second kappa shape index (κ2) is 8.31. The van der Waals surface area contributed by atoms with Gasteiger partial charge in [-0.2, -0.15) is 0 Å². The Kier molecular flexibility index (Phi) is 6.41. The van der Waals surface area contributed by atoms with Gasteiger partial charge in [-0.05, 0) is 74.2 Å². The Morgan fingerprint density at radius 2 is 1.78 bits per heavy atom. The molecule has 0 heterocycles. The molecule has 0 amide bonds. The molecule has 0 bridgehead atoms. The van der Waals surface area contributed by atoms with E-state index in [1.54, 1.807) is 0 Å². The number of hydrogen-bond donors (Lipinski definition) is 0. The van der Waals surface area contributed by atoms with Crippen molar-refractivity contribution in [3.8, 4) is 0 Å². The van der Waals surface area contributed by atoms with Crippen molar-refractivity contribution in [2.24, 2.45) is 5.92 Å². The molecule has 0 aromatic heterocycles. The molecule has 2 aromatic carbocycles. The van der Waals surface area contributed by atoms with Crippen LogP contribution in [-0.2, 0) is 0 Å². The fraction of sp³-hybridized carbons (Fsp3) is 0.455. The number of benzene rings is 2. The van der Waals surface area contributed by atoms with Crippen molar-refractivity contribution in [2.75, 3.05) is 20.1 Å². The van der Waals surface area contributed by atoms with Crippen molar-refractivity contribution in [2.45, 2.75) is 40.5 Å². The van der Waals surface area contributed by atoms with Gasteiger partial charge in [0.15, 0.2) is 0 Å². The average molecular weight is 309 g/mol. The Morgan fingerprint density at radius 3 is 2.52 bits per heavy atom. The summed E-state index contributed by atoms with van der Waals surface area (Å²) in [6.45, 7) is 11.2. The number of rotatable bonds is 7. The highest BCUT2D eigenvalue weighted by Crippen LogP contribution is 2.22. The molecule has 124 valence electrons. The van der Waals surface area contributed by atoms with Crippen LogP contribution < -0.4 is 0 Å². The first-order chi connectivity index (χ1) is 11.0. The fourth-order valence-electron chi connectivity index (χ4n) is 2.88. The van der Waals surface area contributed by atoms with Crippen LogP contribution in [0.1, 0.15) is 44.7 Å². The van der Waals surface area contributed by atoms with Crippen LogP contribution in [0.15, 0.2) is 42.5 Å². The second-order valence-corrected chi connectivity index (χ2v) is 7.25. The third-order valence-electron chi connectivity index (χ3n) is 4.48. The Morgan fingerprint density at radius 1 is 1.09 bits per heavy atom. The van der Waals surface area contributed by atoms with E-state index in [1.165, 1.54) is 46.9 Å². The summed E-state index contributed by atoms with van der Waals surface area (Å²) in [4.78, 5) is 2.41. The normalized spacial score (nSPS) is 12.6. The van der Waals surface area contributed by atoms with Crippen LogP contribution in [0.4, 0.5) is 0 Å². The smallest absolute Gasteiger partial charge is 0.0165 e. The van der Waals surface area contributed by atoms with Crippen molar-refractivity contribution in [3.63, 3.8) is 0 Å². The summed E-state index contributed by atoms with van der Waals surface area (Å²) in [6, 6.07) is 13.4. The van der Waals surface area contributed by atoms with Gasteiger partial charge in [0.1, 0.15) is 0 Å². The highest BCUT2D eigenvalue weighted by molar-refractivity contribution is 5.86. The van der Waals surface area contributed by atoms with Crippen LogP contribution in [0.3, 0.4) is 0 Å². The second-order valence-electron chi connectivity index (χ2n) is 7.25. The molecule has 1 heteroatoms. The van der Waals surface area contributed by atoms with Gasteiger partial charge in [0, 0.05) is 6.54 Å². The molecule has 1 nitrogen and oxygen atoms in total. The molecule has 0 unspecified atom stereocenters. The molecule has 0 saturated heterocycles. The van der Waals surface area contributed by atoms with Gasteiger partial charge in [-0.25, -0.2) is 0 Å². The molecule has 23 heavy (non-hydrogen) atoms. The van der Waals surface area contributed by atoms with Crippen LogP contribution >= 0.6 is 0 Å². The maximum Gasteiger partial charge on any atom is 0.0165 e. The van der Waals surface area contributed by atoms with Gasteiger partial charge in [-0.3, -0.25) is 0 Å². The first-order valence-corrected chi connectivity index (χ1v) is 8.82. The number of fused-ring (bicyclic) bond motifs is 1. The zero-order chi connectivity index (χ0) is 16.8. The molecule has 0 radical (unpaired) electrons. The van der Waals surface area contributed by atoms with Crippen LogP contribution in [0.2, 0.25) is 0 Å². The van der Waals surface area contributed by atoms with Gasteiger partial charge in [-0.1, -0.05) is 55.8 Å². The Hall–Kier alpha value is -1.60. The zero-order valence-corrected chi connectivity index (χ0v) is 15.4. The lowest BCUT2D eigenvalue weighted by molar-refractivity contribution is 0.348. The summed E-state index contributed by atoms with van der Waals surface area (Å²) in [6.07, 6.45) is 4.96. The van der Waals surface area contributed by atoms with Crippen molar-refractivity contribution in [1.29, 1.82) is 0 Å². The minimum atomic E-state index is 0.807. The lowest BCUT2D eigenvalue weighted by atomic mass is 10.0. The van der Waals surface area contributed by atoms with E-state index in [0.29, 0.717) is 0 Å². The molecular weight excluding hydrogens is 278 g/mol. The number of likely N-dealkylation sites (N-methyl/N-ethyl adjacent to an activating group) is 1. The summed E-state index contributed by atoms with van der Waals surface area (Å²) >= 11 is 0. The molecular formula is C22H31N. The quantitative estimate of drug-likeness (QED) is 0.613. The van der Waals surface area contributed by atoms with E-state index >= 15 is 0 Å². The van der Waals surface area contributed by atoms with Crippen molar-refractivity contribution in [1.82, 2.24) is 4.90 Å². The van der Waals surface area contributed by atoms with E-state index < -0.39 is 0 Å². The Labute approximate surface area is 142 Å². The minimum absolute atomic E-state index is 0.807. The van der Waals surface area contributed by atoms with E-state index in [4.69, 9.17) is 0 Å². The summed E-state index contributed by atoms with van der Waals surface area (Å²) < 4.78 is 0. The maximum absolute atomic E-state index is 2.41. The molecule has 2 aromatic rings. The van der Waals surface area contributed by atoms with Crippen LogP contribution in [-0.4, -0.2) is 25.0 Å². The third-order valence-corrected chi connectivity index (χ3v) is 4.48. The van der Waals surface area contributed by atoms with Gasteiger partial charge in [0.2, 0.25) is 0 Å². The molecule has 0 fully saturated rings. The first kappa shape index (κ1) is 17.7. The first-order valence-electron chi connectivity index (χ1n) is 8.82. The monoisotopic (exact) mass is 309 g/mol. The van der Waals surface area contributed by atoms with E-state index in [1.807, 2.05) is 0 Å². The predicted octanol–water partition coefficient (Wildman–Crippen LogP) is 5.92. The largest absolute Gasteiger partial charge is 0.303 e. The van der Waals surface area contributed by atoms with Gasteiger partial charge in [0.25, 0.3) is 0 Å². The molecule has 2 rings (SSSR count).